The first-order valence-electron chi connectivity index (χ1n) is 8.80. The van der Waals surface area contributed by atoms with Gasteiger partial charge in [-0.2, -0.15) is 0 Å². The van der Waals surface area contributed by atoms with Gasteiger partial charge >= 0.3 is 0 Å². The zero-order valence-corrected chi connectivity index (χ0v) is 15.6. The first kappa shape index (κ1) is 17.7. The summed E-state index contributed by atoms with van der Waals surface area (Å²) < 4.78 is 10.7. The van der Waals surface area contributed by atoms with Crippen LogP contribution in [0.1, 0.15) is 10.5 Å². The van der Waals surface area contributed by atoms with Gasteiger partial charge in [0.05, 0.1) is 0 Å². The molecule has 0 spiro atoms. The average Bonchev–Trinajstić information content (AvgIpc) is 3.16. The Morgan fingerprint density at radius 3 is 2.43 bits per heavy atom. The van der Waals surface area contributed by atoms with Crippen LogP contribution in [0.4, 0.5) is 22.7 Å². The van der Waals surface area contributed by atoms with Crippen molar-refractivity contribution in [2.45, 2.75) is 0 Å². The van der Waals surface area contributed by atoms with Gasteiger partial charge in [-0.15, -0.1) is 0 Å². The van der Waals surface area contributed by atoms with Crippen molar-refractivity contribution >= 4 is 28.7 Å². The number of nitrogens with zero attached hydrogens (tertiary/aromatic N) is 2. The number of carbonyl (C=O) groups excluding carboxylic acids is 1. The van der Waals surface area contributed by atoms with Gasteiger partial charge in [-0.1, -0.05) is 0 Å². The van der Waals surface area contributed by atoms with Crippen molar-refractivity contribution in [1.29, 1.82) is 0 Å². The van der Waals surface area contributed by atoms with Gasteiger partial charge in [0.1, 0.15) is 5.69 Å². The van der Waals surface area contributed by atoms with Crippen molar-refractivity contribution in [3.05, 3.63) is 66.5 Å². The molecule has 1 aliphatic rings. The standard InChI is InChI=1S/C21H20N4O3/c1-25(2)17-6-3-14(4-7-17)24-21(26)18-11-16(9-10-22-18)23-15-5-8-19-20(12-15)28-13-27-19/h3-12H,13H2,1-2H3,(H,22,23)(H,24,26). The van der Waals surface area contributed by atoms with E-state index < -0.39 is 0 Å². The molecule has 0 radical (unpaired) electrons. The van der Waals surface area contributed by atoms with E-state index in [1.165, 1.54) is 0 Å². The molecule has 4 rings (SSSR count). The minimum absolute atomic E-state index is 0.230. The van der Waals surface area contributed by atoms with Gasteiger partial charge in [0, 0.05) is 49.1 Å². The van der Waals surface area contributed by atoms with E-state index in [-0.39, 0.29) is 12.7 Å². The van der Waals surface area contributed by atoms with Crippen LogP contribution in [0.5, 0.6) is 11.5 Å². The molecule has 142 valence electrons. The number of rotatable bonds is 5. The summed E-state index contributed by atoms with van der Waals surface area (Å²) in [4.78, 5) is 18.7. The predicted octanol–water partition coefficient (Wildman–Crippen LogP) is 3.87. The highest BCUT2D eigenvalue weighted by molar-refractivity contribution is 6.03. The van der Waals surface area contributed by atoms with Crippen LogP contribution in [0, 0.1) is 0 Å². The monoisotopic (exact) mass is 376 g/mol. The highest BCUT2D eigenvalue weighted by atomic mass is 16.7. The van der Waals surface area contributed by atoms with Crippen molar-refractivity contribution in [2.75, 3.05) is 36.4 Å². The van der Waals surface area contributed by atoms with Crippen LogP contribution in [-0.4, -0.2) is 31.8 Å². The minimum Gasteiger partial charge on any atom is -0.454 e. The average molecular weight is 376 g/mol. The maximum atomic E-state index is 12.5. The number of ether oxygens (including phenoxy) is 2. The summed E-state index contributed by atoms with van der Waals surface area (Å²) in [5, 5.41) is 6.12. The van der Waals surface area contributed by atoms with Crippen LogP contribution in [0.15, 0.2) is 60.8 Å². The lowest BCUT2D eigenvalue weighted by molar-refractivity contribution is 0.102. The minimum atomic E-state index is -0.271. The summed E-state index contributed by atoms with van der Waals surface area (Å²) in [6, 6.07) is 16.7. The number of pyridine rings is 1. The number of hydrogen-bond donors (Lipinski definition) is 2. The van der Waals surface area contributed by atoms with Crippen molar-refractivity contribution < 1.29 is 14.3 Å². The fourth-order valence-electron chi connectivity index (χ4n) is 2.81. The molecule has 0 saturated carbocycles. The molecule has 0 bridgehead atoms. The molecule has 2 aromatic carbocycles. The molecule has 0 saturated heterocycles. The smallest absolute Gasteiger partial charge is 0.274 e. The van der Waals surface area contributed by atoms with Crippen LogP contribution in [0.25, 0.3) is 0 Å². The molecule has 28 heavy (non-hydrogen) atoms. The Morgan fingerprint density at radius 1 is 0.929 bits per heavy atom. The number of hydrogen-bond acceptors (Lipinski definition) is 6. The summed E-state index contributed by atoms with van der Waals surface area (Å²) in [6.45, 7) is 0.230. The van der Waals surface area contributed by atoms with Gasteiger partial charge in [-0.05, 0) is 48.5 Å². The van der Waals surface area contributed by atoms with Crippen molar-refractivity contribution in [3.8, 4) is 11.5 Å². The van der Waals surface area contributed by atoms with Crippen LogP contribution in [0.2, 0.25) is 0 Å². The van der Waals surface area contributed by atoms with E-state index in [1.54, 1.807) is 18.3 Å². The number of aromatic nitrogens is 1. The zero-order chi connectivity index (χ0) is 19.5. The van der Waals surface area contributed by atoms with Gasteiger partial charge in [-0.25, -0.2) is 0 Å². The predicted molar refractivity (Wildman–Crippen MR) is 109 cm³/mol. The Balaban J connectivity index is 1.46. The van der Waals surface area contributed by atoms with Gasteiger partial charge in [0.25, 0.3) is 5.91 Å². The topological polar surface area (TPSA) is 75.7 Å². The van der Waals surface area contributed by atoms with Gasteiger partial charge in [-0.3, -0.25) is 9.78 Å². The molecule has 2 heterocycles. The van der Waals surface area contributed by atoms with Crippen LogP contribution in [0.3, 0.4) is 0 Å². The van der Waals surface area contributed by atoms with Crippen molar-refractivity contribution in [1.82, 2.24) is 4.98 Å². The molecule has 7 nitrogen and oxygen atoms in total. The molecule has 0 atom stereocenters. The third-order valence-corrected chi connectivity index (χ3v) is 4.30. The van der Waals surface area contributed by atoms with E-state index in [0.29, 0.717) is 17.1 Å². The number of fused-ring (bicyclic) bond motifs is 1. The van der Waals surface area contributed by atoms with Crippen LogP contribution < -0.4 is 25.0 Å². The summed E-state index contributed by atoms with van der Waals surface area (Å²) in [7, 11) is 3.94. The van der Waals surface area contributed by atoms with E-state index in [1.807, 2.05) is 61.5 Å². The van der Waals surface area contributed by atoms with Crippen molar-refractivity contribution in [2.24, 2.45) is 0 Å². The molecule has 0 fully saturated rings. The van der Waals surface area contributed by atoms with Crippen molar-refractivity contribution in [3.63, 3.8) is 0 Å². The Bertz CT molecular complexity index is 1000. The molecule has 1 aliphatic heterocycles. The number of benzene rings is 2. The molecular formula is C21H20N4O3. The fourth-order valence-corrected chi connectivity index (χ4v) is 2.81. The Morgan fingerprint density at radius 2 is 1.64 bits per heavy atom. The Kier molecular flexibility index (Phi) is 4.72. The fraction of sp³-hybridized carbons (Fsp3) is 0.143. The lowest BCUT2D eigenvalue weighted by Gasteiger charge is -2.13. The second kappa shape index (κ2) is 7.48. The molecule has 1 amide bonds. The summed E-state index contributed by atoms with van der Waals surface area (Å²) in [5.41, 5.74) is 3.68. The molecular weight excluding hydrogens is 356 g/mol. The summed E-state index contributed by atoms with van der Waals surface area (Å²) >= 11 is 0. The number of nitrogens with one attached hydrogen (secondary N) is 2. The van der Waals surface area contributed by atoms with E-state index >= 15 is 0 Å². The summed E-state index contributed by atoms with van der Waals surface area (Å²) in [6.07, 6.45) is 1.60. The van der Waals surface area contributed by atoms with E-state index in [4.69, 9.17) is 9.47 Å². The summed E-state index contributed by atoms with van der Waals surface area (Å²) in [5.74, 6) is 1.14. The van der Waals surface area contributed by atoms with Crippen LogP contribution >= 0.6 is 0 Å². The molecule has 1 aromatic heterocycles. The van der Waals surface area contributed by atoms with Crippen LogP contribution in [-0.2, 0) is 0 Å². The molecule has 7 heteroatoms. The van der Waals surface area contributed by atoms with Gasteiger partial charge < -0.3 is 25.0 Å². The van der Waals surface area contributed by atoms with E-state index in [9.17, 15) is 4.79 Å². The quantitative estimate of drug-likeness (QED) is 0.704. The Hall–Kier alpha value is -3.74. The molecule has 2 N–H and O–H groups in total. The lowest BCUT2D eigenvalue weighted by Crippen LogP contribution is -2.14. The zero-order valence-electron chi connectivity index (χ0n) is 15.6. The SMILES string of the molecule is CN(C)c1ccc(NC(=O)c2cc(Nc3ccc4c(c3)OCO4)ccn2)cc1. The lowest BCUT2D eigenvalue weighted by atomic mass is 10.2. The number of amides is 1. The second-order valence-corrected chi connectivity index (χ2v) is 6.52. The van der Waals surface area contributed by atoms with Gasteiger partial charge in [0.2, 0.25) is 6.79 Å². The van der Waals surface area contributed by atoms with E-state index in [2.05, 4.69) is 15.6 Å². The third-order valence-electron chi connectivity index (χ3n) is 4.30. The molecule has 0 aliphatic carbocycles. The second-order valence-electron chi connectivity index (χ2n) is 6.52. The maximum Gasteiger partial charge on any atom is 0.274 e. The first-order valence-corrected chi connectivity index (χ1v) is 8.80. The first-order chi connectivity index (χ1) is 13.6. The highest BCUT2D eigenvalue weighted by Crippen LogP contribution is 2.35. The normalized spacial score (nSPS) is 11.8. The largest absolute Gasteiger partial charge is 0.454 e. The number of anilines is 4. The maximum absolute atomic E-state index is 12.5. The van der Waals surface area contributed by atoms with E-state index in [0.717, 1.165) is 22.8 Å². The molecule has 0 unspecified atom stereocenters. The van der Waals surface area contributed by atoms with Gasteiger partial charge in [0.15, 0.2) is 11.5 Å². The highest BCUT2D eigenvalue weighted by Gasteiger charge is 2.14. The molecule has 3 aromatic rings. The number of carbonyl (C=O) groups is 1. The Labute approximate surface area is 162 Å². The third kappa shape index (κ3) is 3.83.